The standard InChI is InChI=1S/C12H11F2N/c1-7(2)9-6-10(13)12-8(11(9)14)4-3-5-15-12/h3-7H,1-2H3. The second-order valence-electron chi connectivity index (χ2n) is 3.82. The summed E-state index contributed by atoms with van der Waals surface area (Å²) in [7, 11) is 0. The van der Waals surface area contributed by atoms with Gasteiger partial charge >= 0.3 is 0 Å². The molecule has 0 atom stereocenters. The molecule has 0 radical (unpaired) electrons. The average Bonchev–Trinajstić information content (AvgIpc) is 2.23. The summed E-state index contributed by atoms with van der Waals surface area (Å²) in [5.74, 6) is -0.866. The minimum atomic E-state index is -0.462. The Hall–Kier alpha value is -1.51. The molecule has 15 heavy (non-hydrogen) atoms. The van der Waals surface area contributed by atoms with Crippen molar-refractivity contribution in [2.45, 2.75) is 19.8 Å². The van der Waals surface area contributed by atoms with Crippen LogP contribution in [0.25, 0.3) is 10.9 Å². The van der Waals surface area contributed by atoms with Gasteiger partial charge in [-0.3, -0.25) is 4.98 Å². The molecule has 1 aromatic heterocycles. The number of halogens is 2. The molecule has 0 amide bonds. The monoisotopic (exact) mass is 207 g/mol. The van der Waals surface area contributed by atoms with Crippen LogP contribution in [0.4, 0.5) is 8.78 Å². The fourth-order valence-corrected chi connectivity index (χ4v) is 1.62. The van der Waals surface area contributed by atoms with Crippen molar-refractivity contribution in [3.8, 4) is 0 Å². The lowest BCUT2D eigenvalue weighted by atomic mass is 10.00. The molecule has 1 heterocycles. The van der Waals surface area contributed by atoms with E-state index in [0.29, 0.717) is 5.56 Å². The van der Waals surface area contributed by atoms with Gasteiger partial charge in [0.2, 0.25) is 0 Å². The molecule has 0 spiro atoms. The summed E-state index contributed by atoms with van der Waals surface area (Å²) in [5.41, 5.74) is 0.493. The average molecular weight is 207 g/mol. The number of benzene rings is 1. The van der Waals surface area contributed by atoms with E-state index in [-0.39, 0.29) is 22.6 Å². The van der Waals surface area contributed by atoms with E-state index in [1.165, 1.54) is 12.3 Å². The van der Waals surface area contributed by atoms with Crippen molar-refractivity contribution in [1.29, 1.82) is 0 Å². The Bertz CT molecular complexity index is 506. The molecular formula is C12H11F2N. The molecule has 2 aromatic rings. The largest absolute Gasteiger partial charge is 0.253 e. The van der Waals surface area contributed by atoms with Crippen molar-refractivity contribution in [2.75, 3.05) is 0 Å². The van der Waals surface area contributed by atoms with Gasteiger partial charge in [-0.1, -0.05) is 13.8 Å². The molecule has 2 rings (SSSR count). The first-order chi connectivity index (χ1) is 7.11. The van der Waals surface area contributed by atoms with E-state index >= 15 is 0 Å². The van der Waals surface area contributed by atoms with Gasteiger partial charge in [0.25, 0.3) is 0 Å². The first-order valence-electron chi connectivity index (χ1n) is 4.84. The van der Waals surface area contributed by atoms with E-state index in [9.17, 15) is 8.78 Å². The predicted octanol–water partition coefficient (Wildman–Crippen LogP) is 3.64. The summed E-state index contributed by atoms with van der Waals surface area (Å²) >= 11 is 0. The Morgan fingerprint density at radius 3 is 2.67 bits per heavy atom. The van der Waals surface area contributed by atoms with Crippen molar-refractivity contribution in [3.05, 3.63) is 41.6 Å². The van der Waals surface area contributed by atoms with Gasteiger partial charge in [-0.25, -0.2) is 8.78 Å². The lowest BCUT2D eigenvalue weighted by Crippen LogP contribution is -1.97. The number of nitrogens with zero attached hydrogens (tertiary/aromatic N) is 1. The van der Waals surface area contributed by atoms with Gasteiger partial charge in [0, 0.05) is 11.6 Å². The number of pyridine rings is 1. The van der Waals surface area contributed by atoms with E-state index in [2.05, 4.69) is 4.98 Å². The molecule has 0 aliphatic carbocycles. The Morgan fingerprint density at radius 1 is 1.27 bits per heavy atom. The van der Waals surface area contributed by atoms with Crippen molar-refractivity contribution >= 4 is 10.9 Å². The normalized spacial score (nSPS) is 11.3. The highest BCUT2D eigenvalue weighted by molar-refractivity contribution is 5.80. The lowest BCUT2D eigenvalue weighted by Gasteiger charge is -2.09. The zero-order valence-electron chi connectivity index (χ0n) is 8.59. The highest BCUT2D eigenvalue weighted by atomic mass is 19.1. The van der Waals surface area contributed by atoms with Crippen LogP contribution in [0.5, 0.6) is 0 Å². The fourth-order valence-electron chi connectivity index (χ4n) is 1.62. The number of hydrogen-bond acceptors (Lipinski definition) is 1. The van der Waals surface area contributed by atoms with Crippen molar-refractivity contribution < 1.29 is 8.78 Å². The lowest BCUT2D eigenvalue weighted by molar-refractivity contribution is 0.590. The van der Waals surface area contributed by atoms with E-state index in [1.807, 2.05) is 13.8 Å². The SMILES string of the molecule is CC(C)c1cc(F)c2ncccc2c1F. The Labute approximate surface area is 86.8 Å². The van der Waals surface area contributed by atoms with Crippen molar-refractivity contribution in [2.24, 2.45) is 0 Å². The van der Waals surface area contributed by atoms with Gasteiger partial charge in [0.1, 0.15) is 17.2 Å². The Kier molecular flexibility index (Phi) is 2.39. The van der Waals surface area contributed by atoms with Crippen LogP contribution in [0.3, 0.4) is 0 Å². The van der Waals surface area contributed by atoms with Crippen LogP contribution in [0, 0.1) is 11.6 Å². The fraction of sp³-hybridized carbons (Fsp3) is 0.250. The Morgan fingerprint density at radius 2 is 2.00 bits per heavy atom. The first-order valence-corrected chi connectivity index (χ1v) is 4.84. The van der Waals surface area contributed by atoms with Gasteiger partial charge in [-0.15, -0.1) is 0 Å². The molecule has 0 saturated heterocycles. The van der Waals surface area contributed by atoms with Gasteiger partial charge in [-0.2, -0.15) is 0 Å². The summed E-state index contributed by atoms with van der Waals surface area (Å²) in [6, 6.07) is 4.39. The number of aromatic nitrogens is 1. The van der Waals surface area contributed by atoms with Crippen LogP contribution >= 0.6 is 0 Å². The number of fused-ring (bicyclic) bond motifs is 1. The molecule has 3 heteroatoms. The quantitative estimate of drug-likeness (QED) is 0.695. The highest BCUT2D eigenvalue weighted by Gasteiger charge is 2.14. The molecular weight excluding hydrogens is 196 g/mol. The van der Waals surface area contributed by atoms with Crippen LogP contribution < -0.4 is 0 Å². The summed E-state index contributed by atoms with van der Waals surface area (Å²) in [4.78, 5) is 3.83. The third-order valence-corrected chi connectivity index (χ3v) is 2.43. The maximum Gasteiger partial charge on any atom is 0.149 e. The minimum Gasteiger partial charge on any atom is -0.253 e. The van der Waals surface area contributed by atoms with Gasteiger partial charge in [0.05, 0.1) is 0 Å². The van der Waals surface area contributed by atoms with Gasteiger partial charge in [-0.05, 0) is 29.7 Å². The van der Waals surface area contributed by atoms with Crippen molar-refractivity contribution in [3.63, 3.8) is 0 Å². The van der Waals surface area contributed by atoms with E-state index in [1.54, 1.807) is 12.1 Å². The van der Waals surface area contributed by atoms with Crippen LogP contribution in [0.2, 0.25) is 0 Å². The predicted molar refractivity (Wildman–Crippen MR) is 55.7 cm³/mol. The molecule has 0 bridgehead atoms. The van der Waals surface area contributed by atoms with E-state index in [0.717, 1.165) is 0 Å². The third-order valence-electron chi connectivity index (χ3n) is 2.43. The molecule has 0 fully saturated rings. The minimum absolute atomic E-state index is 0.0379. The summed E-state index contributed by atoms with van der Waals surface area (Å²) in [6.07, 6.45) is 1.46. The maximum absolute atomic E-state index is 13.9. The number of rotatable bonds is 1. The van der Waals surface area contributed by atoms with Gasteiger partial charge in [0.15, 0.2) is 0 Å². The first kappa shape index (κ1) is 10.0. The topological polar surface area (TPSA) is 12.9 Å². The number of hydrogen-bond donors (Lipinski definition) is 0. The van der Waals surface area contributed by atoms with Crippen LogP contribution in [-0.2, 0) is 0 Å². The Balaban J connectivity index is 2.84. The molecule has 0 aliphatic heterocycles. The zero-order chi connectivity index (χ0) is 11.0. The maximum atomic E-state index is 13.9. The zero-order valence-corrected chi connectivity index (χ0v) is 8.59. The molecule has 0 aliphatic rings. The van der Waals surface area contributed by atoms with E-state index in [4.69, 9.17) is 0 Å². The molecule has 0 unspecified atom stereocenters. The highest BCUT2D eigenvalue weighted by Crippen LogP contribution is 2.27. The van der Waals surface area contributed by atoms with Gasteiger partial charge < -0.3 is 0 Å². The molecule has 78 valence electrons. The third kappa shape index (κ3) is 1.58. The molecule has 0 N–H and O–H groups in total. The second kappa shape index (κ2) is 3.57. The second-order valence-corrected chi connectivity index (χ2v) is 3.82. The van der Waals surface area contributed by atoms with E-state index < -0.39 is 5.82 Å². The van der Waals surface area contributed by atoms with Crippen LogP contribution in [-0.4, -0.2) is 4.98 Å². The summed E-state index contributed by atoms with van der Waals surface area (Å²) in [5, 5.41) is 0.251. The van der Waals surface area contributed by atoms with Crippen LogP contribution in [0.15, 0.2) is 24.4 Å². The van der Waals surface area contributed by atoms with Crippen LogP contribution in [0.1, 0.15) is 25.3 Å². The summed E-state index contributed by atoms with van der Waals surface area (Å²) in [6.45, 7) is 3.67. The molecule has 1 aromatic carbocycles. The van der Waals surface area contributed by atoms with Crippen molar-refractivity contribution in [1.82, 2.24) is 4.98 Å². The molecule has 1 nitrogen and oxygen atoms in total. The summed E-state index contributed by atoms with van der Waals surface area (Å²) < 4.78 is 27.5. The molecule has 0 saturated carbocycles. The smallest absolute Gasteiger partial charge is 0.149 e.